The van der Waals surface area contributed by atoms with E-state index in [1.807, 2.05) is 66.9 Å². The predicted molar refractivity (Wildman–Crippen MR) is 120 cm³/mol. The van der Waals surface area contributed by atoms with Gasteiger partial charge in [0.2, 0.25) is 5.91 Å². The van der Waals surface area contributed by atoms with Gasteiger partial charge in [0.15, 0.2) is 0 Å². The van der Waals surface area contributed by atoms with Crippen LogP contribution in [0.5, 0.6) is 0 Å². The summed E-state index contributed by atoms with van der Waals surface area (Å²) in [5.74, 6) is -0.424. The SMILES string of the molecule is O=C(CNS(=O)(=O)c1cccs1)NCc1cn(-c2ccccc2)nc1-c1ccccc1. The Balaban J connectivity index is 1.48. The minimum absolute atomic E-state index is 0.177. The van der Waals surface area contributed by atoms with Crippen molar-refractivity contribution in [3.05, 3.63) is 89.9 Å². The van der Waals surface area contributed by atoms with Gasteiger partial charge in [-0.3, -0.25) is 4.79 Å². The summed E-state index contributed by atoms with van der Waals surface area (Å²) >= 11 is 1.10. The average molecular weight is 453 g/mol. The maximum atomic E-state index is 12.3. The highest BCUT2D eigenvalue weighted by Crippen LogP contribution is 2.23. The molecule has 0 aliphatic rings. The highest BCUT2D eigenvalue weighted by Gasteiger charge is 2.17. The number of carbonyl (C=O) groups excluding carboxylic acids is 1. The molecule has 0 radical (unpaired) electrons. The van der Waals surface area contributed by atoms with E-state index < -0.39 is 15.9 Å². The molecular weight excluding hydrogens is 432 g/mol. The molecule has 0 atom stereocenters. The van der Waals surface area contributed by atoms with Crippen molar-refractivity contribution in [2.24, 2.45) is 0 Å². The number of benzene rings is 2. The fraction of sp³-hybridized carbons (Fsp3) is 0.0909. The van der Waals surface area contributed by atoms with Gasteiger partial charge in [0.05, 0.1) is 17.9 Å². The Labute approximate surface area is 184 Å². The van der Waals surface area contributed by atoms with Crippen molar-refractivity contribution < 1.29 is 13.2 Å². The van der Waals surface area contributed by atoms with Crippen LogP contribution in [0, 0.1) is 0 Å². The monoisotopic (exact) mass is 452 g/mol. The van der Waals surface area contributed by atoms with Crippen LogP contribution in [0.3, 0.4) is 0 Å². The number of rotatable bonds is 8. The van der Waals surface area contributed by atoms with Crippen LogP contribution in [0.15, 0.2) is 88.6 Å². The number of sulfonamides is 1. The Bertz CT molecular complexity index is 1250. The second-order valence-corrected chi connectivity index (χ2v) is 9.62. The minimum Gasteiger partial charge on any atom is -0.351 e. The molecule has 0 unspecified atom stereocenters. The van der Waals surface area contributed by atoms with E-state index in [1.165, 1.54) is 6.07 Å². The molecule has 4 aromatic rings. The number of hydrogen-bond acceptors (Lipinski definition) is 5. The van der Waals surface area contributed by atoms with Crippen LogP contribution in [-0.4, -0.2) is 30.7 Å². The summed E-state index contributed by atoms with van der Waals surface area (Å²) in [4.78, 5) is 12.3. The third kappa shape index (κ3) is 5.08. The molecule has 0 fully saturated rings. The molecule has 2 aromatic carbocycles. The molecule has 0 spiro atoms. The number of hydrogen-bond donors (Lipinski definition) is 2. The quantitative estimate of drug-likeness (QED) is 0.429. The van der Waals surface area contributed by atoms with Crippen molar-refractivity contribution in [3.8, 4) is 16.9 Å². The first-order valence-electron chi connectivity index (χ1n) is 9.52. The first-order chi connectivity index (χ1) is 15.0. The molecular formula is C22H20N4O3S2. The molecule has 2 N–H and O–H groups in total. The summed E-state index contributed by atoms with van der Waals surface area (Å²) in [7, 11) is -3.69. The second-order valence-electron chi connectivity index (χ2n) is 6.68. The van der Waals surface area contributed by atoms with Gasteiger partial charge in [-0.1, -0.05) is 54.6 Å². The summed E-state index contributed by atoms with van der Waals surface area (Å²) in [6.07, 6.45) is 1.87. The lowest BCUT2D eigenvalue weighted by molar-refractivity contribution is -0.120. The molecule has 0 aliphatic carbocycles. The molecule has 0 saturated heterocycles. The summed E-state index contributed by atoms with van der Waals surface area (Å²) in [5.41, 5.74) is 3.41. The Kier molecular flexibility index (Phi) is 6.26. The zero-order valence-electron chi connectivity index (χ0n) is 16.4. The van der Waals surface area contributed by atoms with Crippen LogP contribution < -0.4 is 10.0 Å². The van der Waals surface area contributed by atoms with Gasteiger partial charge in [0, 0.05) is 23.9 Å². The van der Waals surface area contributed by atoms with E-state index in [0.29, 0.717) is 0 Å². The number of nitrogens with zero attached hydrogens (tertiary/aromatic N) is 2. The number of carbonyl (C=O) groups is 1. The molecule has 31 heavy (non-hydrogen) atoms. The van der Waals surface area contributed by atoms with E-state index in [1.54, 1.807) is 16.1 Å². The van der Waals surface area contributed by atoms with Gasteiger partial charge in [-0.25, -0.2) is 17.8 Å². The summed E-state index contributed by atoms with van der Waals surface area (Å²) < 4.78 is 28.6. The van der Waals surface area contributed by atoms with Crippen molar-refractivity contribution in [1.29, 1.82) is 0 Å². The molecule has 2 aromatic heterocycles. The second kappa shape index (κ2) is 9.25. The number of amides is 1. The first-order valence-corrected chi connectivity index (χ1v) is 11.9. The van der Waals surface area contributed by atoms with E-state index in [-0.39, 0.29) is 17.3 Å². The Hall–Kier alpha value is -3.27. The van der Waals surface area contributed by atoms with Gasteiger partial charge in [0.1, 0.15) is 4.21 Å². The maximum absolute atomic E-state index is 12.3. The predicted octanol–water partition coefficient (Wildman–Crippen LogP) is 3.20. The number of para-hydroxylation sites is 1. The normalized spacial score (nSPS) is 11.4. The molecule has 1 amide bonds. The van der Waals surface area contributed by atoms with Crippen molar-refractivity contribution in [2.45, 2.75) is 10.8 Å². The van der Waals surface area contributed by atoms with Crippen LogP contribution >= 0.6 is 11.3 Å². The lowest BCUT2D eigenvalue weighted by Gasteiger charge is -2.07. The maximum Gasteiger partial charge on any atom is 0.250 e. The van der Waals surface area contributed by atoms with E-state index in [2.05, 4.69) is 10.0 Å². The van der Waals surface area contributed by atoms with Crippen molar-refractivity contribution >= 4 is 27.3 Å². The van der Waals surface area contributed by atoms with E-state index in [0.717, 1.165) is 33.8 Å². The average Bonchev–Trinajstić information content (AvgIpc) is 3.48. The van der Waals surface area contributed by atoms with Gasteiger partial charge >= 0.3 is 0 Å². The number of aromatic nitrogens is 2. The van der Waals surface area contributed by atoms with E-state index in [9.17, 15) is 13.2 Å². The van der Waals surface area contributed by atoms with E-state index >= 15 is 0 Å². The highest BCUT2D eigenvalue weighted by molar-refractivity contribution is 7.91. The minimum atomic E-state index is -3.69. The Morgan fingerprint density at radius 1 is 0.968 bits per heavy atom. The number of nitrogens with one attached hydrogen (secondary N) is 2. The highest BCUT2D eigenvalue weighted by atomic mass is 32.2. The third-order valence-electron chi connectivity index (χ3n) is 4.52. The fourth-order valence-corrected chi connectivity index (χ4v) is 5.02. The first kappa shape index (κ1) is 21.0. The van der Waals surface area contributed by atoms with Gasteiger partial charge in [-0.05, 0) is 23.6 Å². The fourth-order valence-electron chi connectivity index (χ4n) is 3.00. The van der Waals surface area contributed by atoms with Gasteiger partial charge in [0.25, 0.3) is 10.0 Å². The smallest absolute Gasteiger partial charge is 0.250 e. The Morgan fingerprint density at radius 3 is 2.35 bits per heavy atom. The summed E-state index contributed by atoms with van der Waals surface area (Å²) in [5, 5.41) is 9.15. The summed E-state index contributed by atoms with van der Waals surface area (Å²) in [6.45, 7) is -0.121. The molecule has 2 heterocycles. The zero-order chi connectivity index (χ0) is 21.7. The summed E-state index contributed by atoms with van der Waals surface area (Å²) in [6, 6.07) is 22.5. The van der Waals surface area contributed by atoms with Gasteiger partial charge in [-0.15, -0.1) is 11.3 Å². The lowest BCUT2D eigenvalue weighted by Crippen LogP contribution is -2.36. The Morgan fingerprint density at radius 2 is 1.68 bits per heavy atom. The van der Waals surface area contributed by atoms with Crippen molar-refractivity contribution in [3.63, 3.8) is 0 Å². The van der Waals surface area contributed by atoms with Crippen LogP contribution in [0.4, 0.5) is 0 Å². The van der Waals surface area contributed by atoms with Gasteiger partial charge < -0.3 is 5.32 Å². The molecule has 158 valence electrons. The van der Waals surface area contributed by atoms with Crippen molar-refractivity contribution in [2.75, 3.05) is 6.54 Å². The third-order valence-corrected chi connectivity index (χ3v) is 7.32. The van der Waals surface area contributed by atoms with Crippen LogP contribution in [-0.2, 0) is 21.4 Å². The lowest BCUT2D eigenvalue weighted by atomic mass is 10.1. The van der Waals surface area contributed by atoms with Crippen LogP contribution in [0.1, 0.15) is 5.56 Å². The molecule has 0 aliphatic heterocycles. The topological polar surface area (TPSA) is 93.1 Å². The van der Waals surface area contributed by atoms with Crippen molar-refractivity contribution in [1.82, 2.24) is 19.8 Å². The molecule has 4 rings (SSSR count). The van der Waals surface area contributed by atoms with Crippen LogP contribution in [0.25, 0.3) is 16.9 Å². The van der Waals surface area contributed by atoms with E-state index in [4.69, 9.17) is 5.10 Å². The largest absolute Gasteiger partial charge is 0.351 e. The van der Waals surface area contributed by atoms with Crippen LogP contribution in [0.2, 0.25) is 0 Å². The molecule has 7 nitrogen and oxygen atoms in total. The standard InChI is InChI=1S/C22H20N4O3S2/c27-20(15-24-31(28,29)21-12-7-13-30-21)23-14-18-16-26(19-10-5-2-6-11-19)25-22(18)17-8-3-1-4-9-17/h1-13,16,24H,14-15H2,(H,23,27). The number of thiophene rings is 1. The molecule has 9 heteroatoms. The molecule has 0 saturated carbocycles. The zero-order valence-corrected chi connectivity index (χ0v) is 18.1. The molecule has 0 bridgehead atoms. The van der Waals surface area contributed by atoms with Gasteiger partial charge in [-0.2, -0.15) is 5.10 Å².